The zero-order chi connectivity index (χ0) is 16.7. The molecule has 23 heavy (non-hydrogen) atoms. The van der Waals surface area contributed by atoms with Crippen molar-refractivity contribution >= 4 is 6.03 Å². The highest BCUT2D eigenvalue weighted by Crippen LogP contribution is 2.21. The molecule has 2 amide bonds. The summed E-state index contributed by atoms with van der Waals surface area (Å²) in [4.78, 5) is 14.6. The quantitative estimate of drug-likeness (QED) is 0.785. The number of rotatable bonds is 7. The molecule has 6 nitrogen and oxygen atoms in total. The molecule has 1 saturated heterocycles. The fraction of sp³-hybridized carbons (Fsp3) is 0.765. The van der Waals surface area contributed by atoms with Gasteiger partial charge in [-0.25, -0.2) is 4.79 Å². The zero-order valence-electron chi connectivity index (χ0n) is 14.7. The van der Waals surface area contributed by atoms with E-state index >= 15 is 0 Å². The zero-order valence-corrected chi connectivity index (χ0v) is 14.7. The van der Waals surface area contributed by atoms with Gasteiger partial charge in [-0.1, -0.05) is 0 Å². The van der Waals surface area contributed by atoms with Gasteiger partial charge in [0.1, 0.15) is 0 Å². The Balaban J connectivity index is 1.88. The SMILES string of the molecule is CCn1ncc(CNC(=O)N2CCCCC2CCCOC)c1C. The fourth-order valence-corrected chi connectivity index (χ4v) is 3.28. The number of hydrogen-bond donors (Lipinski definition) is 1. The molecule has 6 heteroatoms. The molecule has 0 radical (unpaired) electrons. The molecular formula is C17H30N4O2. The number of ether oxygens (including phenoxy) is 1. The molecule has 0 spiro atoms. The number of piperidine rings is 1. The van der Waals surface area contributed by atoms with Crippen LogP contribution in [0.2, 0.25) is 0 Å². The molecule has 1 atom stereocenters. The summed E-state index contributed by atoms with van der Waals surface area (Å²) >= 11 is 0. The Hall–Kier alpha value is -1.56. The molecule has 1 fully saturated rings. The van der Waals surface area contributed by atoms with E-state index in [1.807, 2.05) is 22.7 Å². The average molecular weight is 322 g/mol. The van der Waals surface area contributed by atoms with E-state index in [-0.39, 0.29) is 6.03 Å². The van der Waals surface area contributed by atoms with Crippen LogP contribution in [0.3, 0.4) is 0 Å². The highest BCUT2D eigenvalue weighted by atomic mass is 16.5. The van der Waals surface area contributed by atoms with Crippen LogP contribution in [-0.4, -0.2) is 47.0 Å². The first-order chi connectivity index (χ1) is 11.2. The number of hydrogen-bond acceptors (Lipinski definition) is 3. The Morgan fingerprint density at radius 1 is 1.48 bits per heavy atom. The van der Waals surface area contributed by atoms with E-state index in [0.29, 0.717) is 12.6 Å². The summed E-state index contributed by atoms with van der Waals surface area (Å²) in [5.41, 5.74) is 2.22. The minimum absolute atomic E-state index is 0.0516. The summed E-state index contributed by atoms with van der Waals surface area (Å²) in [7, 11) is 1.73. The van der Waals surface area contributed by atoms with E-state index in [4.69, 9.17) is 4.74 Å². The molecule has 1 aromatic rings. The highest BCUT2D eigenvalue weighted by molar-refractivity contribution is 5.74. The number of aryl methyl sites for hydroxylation is 1. The second kappa shape index (κ2) is 8.91. The van der Waals surface area contributed by atoms with Crippen molar-refractivity contribution in [2.75, 3.05) is 20.3 Å². The van der Waals surface area contributed by atoms with Crippen molar-refractivity contribution in [3.63, 3.8) is 0 Å². The Bertz CT molecular complexity index is 501. The largest absolute Gasteiger partial charge is 0.385 e. The molecule has 130 valence electrons. The average Bonchev–Trinajstić information content (AvgIpc) is 2.93. The number of nitrogens with one attached hydrogen (secondary N) is 1. The topological polar surface area (TPSA) is 59.4 Å². The Morgan fingerprint density at radius 3 is 3.00 bits per heavy atom. The third kappa shape index (κ3) is 4.70. The van der Waals surface area contributed by atoms with Gasteiger partial charge >= 0.3 is 6.03 Å². The predicted octanol–water partition coefficient (Wildman–Crippen LogP) is 2.70. The number of urea groups is 1. The lowest BCUT2D eigenvalue weighted by atomic mass is 9.98. The summed E-state index contributed by atoms with van der Waals surface area (Å²) in [6.07, 6.45) is 7.29. The molecule has 0 saturated carbocycles. The van der Waals surface area contributed by atoms with E-state index in [9.17, 15) is 4.79 Å². The first-order valence-corrected chi connectivity index (χ1v) is 8.72. The summed E-state index contributed by atoms with van der Waals surface area (Å²) in [5.74, 6) is 0. The van der Waals surface area contributed by atoms with Crippen LogP contribution in [0.4, 0.5) is 4.79 Å². The maximum Gasteiger partial charge on any atom is 0.317 e. The lowest BCUT2D eigenvalue weighted by Gasteiger charge is -2.35. The van der Waals surface area contributed by atoms with E-state index in [1.54, 1.807) is 7.11 Å². The van der Waals surface area contributed by atoms with Crippen molar-refractivity contribution < 1.29 is 9.53 Å². The van der Waals surface area contributed by atoms with Crippen molar-refractivity contribution in [3.05, 3.63) is 17.5 Å². The van der Waals surface area contributed by atoms with Gasteiger partial charge in [0.15, 0.2) is 0 Å². The van der Waals surface area contributed by atoms with E-state index in [2.05, 4.69) is 17.3 Å². The molecule has 0 aromatic carbocycles. The number of likely N-dealkylation sites (tertiary alicyclic amines) is 1. The second-order valence-corrected chi connectivity index (χ2v) is 6.21. The minimum Gasteiger partial charge on any atom is -0.385 e. The van der Waals surface area contributed by atoms with Gasteiger partial charge in [0.05, 0.1) is 6.20 Å². The summed E-state index contributed by atoms with van der Waals surface area (Å²) in [5, 5.41) is 7.40. The number of aromatic nitrogens is 2. The van der Waals surface area contributed by atoms with Crippen LogP contribution in [0.5, 0.6) is 0 Å². The molecule has 1 aliphatic heterocycles. The van der Waals surface area contributed by atoms with Crippen molar-refractivity contribution in [1.29, 1.82) is 0 Å². The van der Waals surface area contributed by atoms with Crippen molar-refractivity contribution in [2.45, 2.75) is 65.1 Å². The summed E-state index contributed by atoms with van der Waals surface area (Å²) in [6.45, 7) is 7.14. The van der Waals surface area contributed by atoms with E-state index in [1.165, 1.54) is 6.42 Å². The third-order valence-corrected chi connectivity index (χ3v) is 4.71. The molecule has 2 heterocycles. The van der Waals surface area contributed by atoms with Gasteiger partial charge in [-0.05, 0) is 46.0 Å². The lowest BCUT2D eigenvalue weighted by Crippen LogP contribution is -2.48. The molecule has 2 rings (SSSR count). The van der Waals surface area contributed by atoms with Crippen LogP contribution in [0, 0.1) is 6.92 Å². The Labute approximate surface area is 139 Å². The van der Waals surface area contributed by atoms with Gasteiger partial charge in [-0.2, -0.15) is 5.10 Å². The van der Waals surface area contributed by atoms with Gasteiger partial charge in [-0.3, -0.25) is 4.68 Å². The van der Waals surface area contributed by atoms with Crippen LogP contribution in [0.1, 0.15) is 50.3 Å². The molecule has 1 aromatic heterocycles. The van der Waals surface area contributed by atoms with Gasteiger partial charge in [-0.15, -0.1) is 0 Å². The van der Waals surface area contributed by atoms with Gasteiger partial charge in [0, 0.05) is 50.7 Å². The van der Waals surface area contributed by atoms with Gasteiger partial charge < -0.3 is 15.0 Å². The van der Waals surface area contributed by atoms with Crippen molar-refractivity contribution in [2.24, 2.45) is 0 Å². The minimum atomic E-state index is 0.0516. The van der Waals surface area contributed by atoms with Gasteiger partial charge in [0.25, 0.3) is 0 Å². The molecule has 1 unspecified atom stereocenters. The van der Waals surface area contributed by atoms with Gasteiger partial charge in [0.2, 0.25) is 0 Å². The monoisotopic (exact) mass is 322 g/mol. The number of carbonyl (C=O) groups is 1. The summed E-state index contributed by atoms with van der Waals surface area (Å²) in [6, 6.07) is 0.397. The Kier molecular flexibility index (Phi) is 6.89. The molecular weight excluding hydrogens is 292 g/mol. The maximum absolute atomic E-state index is 12.6. The fourth-order valence-electron chi connectivity index (χ4n) is 3.28. The molecule has 1 N–H and O–H groups in total. The Morgan fingerprint density at radius 2 is 2.30 bits per heavy atom. The number of amides is 2. The van der Waals surface area contributed by atoms with Crippen molar-refractivity contribution in [1.82, 2.24) is 20.0 Å². The second-order valence-electron chi connectivity index (χ2n) is 6.21. The normalized spacial score (nSPS) is 18.2. The number of methoxy groups -OCH3 is 1. The number of nitrogens with zero attached hydrogens (tertiary/aromatic N) is 3. The molecule has 0 aliphatic carbocycles. The number of carbonyl (C=O) groups excluding carboxylic acids is 1. The highest BCUT2D eigenvalue weighted by Gasteiger charge is 2.26. The van der Waals surface area contributed by atoms with Crippen LogP contribution in [0.15, 0.2) is 6.20 Å². The third-order valence-electron chi connectivity index (χ3n) is 4.71. The lowest BCUT2D eigenvalue weighted by molar-refractivity contribution is 0.133. The van der Waals surface area contributed by atoms with Crippen LogP contribution in [0.25, 0.3) is 0 Å². The first-order valence-electron chi connectivity index (χ1n) is 8.72. The van der Waals surface area contributed by atoms with E-state index < -0.39 is 0 Å². The predicted molar refractivity (Wildman–Crippen MR) is 90.3 cm³/mol. The van der Waals surface area contributed by atoms with Crippen molar-refractivity contribution in [3.8, 4) is 0 Å². The van der Waals surface area contributed by atoms with Crippen LogP contribution >= 0.6 is 0 Å². The molecule has 1 aliphatic rings. The first kappa shape index (κ1) is 17.8. The summed E-state index contributed by atoms with van der Waals surface area (Å²) < 4.78 is 7.09. The molecule has 0 bridgehead atoms. The smallest absolute Gasteiger partial charge is 0.317 e. The van der Waals surface area contributed by atoms with Crippen LogP contribution in [-0.2, 0) is 17.8 Å². The maximum atomic E-state index is 12.6. The van der Waals surface area contributed by atoms with Crippen LogP contribution < -0.4 is 5.32 Å². The standard InChI is InChI=1S/C17H30N4O2/c1-4-21-14(2)15(13-19-21)12-18-17(22)20-10-6-5-8-16(20)9-7-11-23-3/h13,16H,4-12H2,1-3H3,(H,18,22). The van der Waals surface area contributed by atoms with E-state index in [0.717, 1.165) is 56.6 Å².